The molecule has 1 amide bonds. The van der Waals surface area contributed by atoms with E-state index in [4.69, 9.17) is 4.74 Å². The highest BCUT2D eigenvalue weighted by Crippen LogP contribution is 2.07. The second kappa shape index (κ2) is 6.33. The molecule has 17 heavy (non-hydrogen) atoms. The molecule has 2 aliphatic heterocycles. The Morgan fingerprint density at radius 2 is 2.41 bits per heavy atom. The van der Waals surface area contributed by atoms with Gasteiger partial charge in [-0.05, 0) is 26.4 Å². The zero-order chi connectivity index (χ0) is 12.1. The minimum Gasteiger partial charge on any atom is -0.374 e. The second-order valence-electron chi connectivity index (χ2n) is 5.00. The lowest BCUT2D eigenvalue weighted by Gasteiger charge is -2.31. The minimum atomic E-state index is 0.00469. The normalized spacial score (nSPS) is 31.1. The highest BCUT2D eigenvalue weighted by atomic mass is 16.5. The summed E-state index contributed by atoms with van der Waals surface area (Å²) in [7, 11) is 2.08. The maximum absolute atomic E-state index is 11.9. The molecule has 5 heteroatoms. The average molecular weight is 241 g/mol. The predicted octanol–water partition coefficient (Wildman–Crippen LogP) is -0.425. The second-order valence-corrected chi connectivity index (χ2v) is 5.00. The third-order valence-corrected chi connectivity index (χ3v) is 3.47. The number of morpholine rings is 1. The molecule has 0 aromatic heterocycles. The molecule has 98 valence electrons. The van der Waals surface area contributed by atoms with E-state index in [-0.39, 0.29) is 18.1 Å². The topological polar surface area (TPSA) is 53.6 Å². The summed E-state index contributed by atoms with van der Waals surface area (Å²) < 4.78 is 5.61. The molecule has 0 aromatic carbocycles. The zero-order valence-corrected chi connectivity index (χ0v) is 10.6. The van der Waals surface area contributed by atoms with Crippen molar-refractivity contribution in [3.8, 4) is 0 Å². The van der Waals surface area contributed by atoms with Gasteiger partial charge in [-0.25, -0.2) is 0 Å². The first-order valence-electron chi connectivity index (χ1n) is 6.57. The average Bonchev–Trinajstić information content (AvgIpc) is 2.37. The third-order valence-electron chi connectivity index (χ3n) is 3.47. The van der Waals surface area contributed by atoms with E-state index in [0.29, 0.717) is 6.54 Å². The van der Waals surface area contributed by atoms with Gasteiger partial charge >= 0.3 is 0 Å². The van der Waals surface area contributed by atoms with Gasteiger partial charge < -0.3 is 20.3 Å². The standard InChI is InChI=1S/C12H23N3O2/c1-15-6-7-17-10(9-15)8-14-12(16)11-4-2-3-5-13-11/h10-11,13H,2-9H2,1H3,(H,14,16)/t10?,11-/m1/s1. The fourth-order valence-corrected chi connectivity index (χ4v) is 2.40. The van der Waals surface area contributed by atoms with E-state index < -0.39 is 0 Å². The number of hydrogen-bond acceptors (Lipinski definition) is 4. The van der Waals surface area contributed by atoms with Crippen LogP contribution in [0.2, 0.25) is 0 Å². The number of piperidine rings is 1. The number of carbonyl (C=O) groups is 1. The number of ether oxygens (including phenoxy) is 1. The molecule has 2 saturated heterocycles. The Kier molecular flexibility index (Phi) is 4.76. The van der Waals surface area contributed by atoms with Gasteiger partial charge in [0.15, 0.2) is 0 Å². The fourth-order valence-electron chi connectivity index (χ4n) is 2.40. The van der Waals surface area contributed by atoms with E-state index in [2.05, 4.69) is 22.6 Å². The van der Waals surface area contributed by atoms with Crippen molar-refractivity contribution in [3.63, 3.8) is 0 Å². The van der Waals surface area contributed by atoms with Gasteiger partial charge in [-0.1, -0.05) is 6.42 Å². The van der Waals surface area contributed by atoms with Gasteiger partial charge in [-0.15, -0.1) is 0 Å². The van der Waals surface area contributed by atoms with Crippen LogP contribution in [0, 0.1) is 0 Å². The molecule has 0 aromatic rings. The Labute approximate surface area is 103 Å². The van der Waals surface area contributed by atoms with Crippen molar-refractivity contribution in [3.05, 3.63) is 0 Å². The van der Waals surface area contributed by atoms with Crippen molar-refractivity contribution >= 4 is 5.91 Å². The van der Waals surface area contributed by atoms with E-state index in [9.17, 15) is 4.79 Å². The SMILES string of the molecule is CN1CCOC(CNC(=O)[C@H]2CCCCN2)C1. The van der Waals surface area contributed by atoms with Crippen molar-refractivity contribution in [2.75, 3.05) is 39.8 Å². The summed E-state index contributed by atoms with van der Waals surface area (Å²) in [6.07, 6.45) is 3.42. The highest BCUT2D eigenvalue weighted by Gasteiger charge is 2.22. The quantitative estimate of drug-likeness (QED) is 0.704. The molecule has 1 unspecified atom stereocenters. The first-order valence-corrected chi connectivity index (χ1v) is 6.57. The molecule has 0 aliphatic carbocycles. The first-order chi connectivity index (χ1) is 8.25. The molecule has 2 atom stereocenters. The summed E-state index contributed by atoms with van der Waals surface area (Å²) in [6, 6.07) is 0.00469. The van der Waals surface area contributed by atoms with Crippen molar-refractivity contribution in [1.29, 1.82) is 0 Å². The largest absolute Gasteiger partial charge is 0.374 e. The molecular weight excluding hydrogens is 218 g/mol. The summed E-state index contributed by atoms with van der Waals surface area (Å²) in [5.74, 6) is 0.126. The fraction of sp³-hybridized carbons (Fsp3) is 0.917. The van der Waals surface area contributed by atoms with Crippen molar-refractivity contribution in [2.45, 2.75) is 31.4 Å². The van der Waals surface area contributed by atoms with Gasteiger partial charge in [-0.2, -0.15) is 0 Å². The van der Waals surface area contributed by atoms with E-state index in [1.807, 2.05) is 0 Å². The van der Waals surface area contributed by atoms with Crippen molar-refractivity contribution < 1.29 is 9.53 Å². The van der Waals surface area contributed by atoms with Crippen LogP contribution in [0.1, 0.15) is 19.3 Å². The van der Waals surface area contributed by atoms with E-state index in [0.717, 1.165) is 39.1 Å². The molecule has 2 fully saturated rings. The number of rotatable bonds is 3. The van der Waals surface area contributed by atoms with Crippen LogP contribution in [0.15, 0.2) is 0 Å². The lowest BCUT2D eigenvalue weighted by Crippen LogP contribution is -2.51. The third kappa shape index (κ3) is 3.94. The molecule has 0 spiro atoms. The number of carbonyl (C=O) groups excluding carboxylic acids is 1. The number of likely N-dealkylation sites (N-methyl/N-ethyl adjacent to an activating group) is 1. The first kappa shape index (κ1) is 12.8. The highest BCUT2D eigenvalue weighted by molar-refractivity contribution is 5.81. The molecule has 2 N–H and O–H groups in total. The van der Waals surface area contributed by atoms with Crippen LogP contribution in [0.25, 0.3) is 0 Å². The summed E-state index contributed by atoms with van der Waals surface area (Å²) in [5.41, 5.74) is 0. The van der Waals surface area contributed by atoms with Gasteiger partial charge in [0, 0.05) is 19.6 Å². The Morgan fingerprint density at radius 1 is 1.53 bits per heavy atom. The van der Waals surface area contributed by atoms with Gasteiger partial charge in [0.25, 0.3) is 0 Å². The Morgan fingerprint density at radius 3 is 3.12 bits per heavy atom. The number of amides is 1. The predicted molar refractivity (Wildman–Crippen MR) is 65.9 cm³/mol. The molecule has 2 heterocycles. The maximum atomic E-state index is 11.9. The lowest BCUT2D eigenvalue weighted by molar-refractivity contribution is -0.124. The Hall–Kier alpha value is -0.650. The lowest BCUT2D eigenvalue weighted by atomic mass is 10.0. The molecule has 5 nitrogen and oxygen atoms in total. The smallest absolute Gasteiger partial charge is 0.237 e. The molecule has 2 aliphatic rings. The molecule has 0 bridgehead atoms. The Balaban J connectivity index is 1.68. The van der Waals surface area contributed by atoms with E-state index in [1.165, 1.54) is 6.42 Å². The van der Waals surface area contributed by atoms with Crippen LogP contribution in [-0.2, 0) is 9.53 Å². The van der Waals surface area contributed by atoms with Gasteiger partial charge in [-0.3, -0.25) is 4.79 Å². The summed E-state index contributed by atoms with van der Waals surface area (Å²) in [5, 5.41) is 6.24. The van der Waals surface area contributed by atoms with Gasteiger partial charge in [0.2, 0.25) is 5.91 Å². The van der Waals surface area contributed by atoms with Crippen LogP contribution < -0.4 is 10.6 Å². The molecule has 0 saturated carbocycles. The van der Waals surface area contributed by atoms with Gasteiger partial charge in [0.1, 0.15) is 0 Å². The summed E-state index contributed by atoms with van der Waals surface area (Å²) in [6.45, 7) is 4.23. The monoisotopic (exact) mass is 241 g/mol. The number of nitrogens with zero attached hydrogens (tertiary/aromatic N) is 1. The minimum absolute atomic E-state index is 0.00469. The number of nitrogens with one attached hydrogen (secondary N) is 2. The zero-order valence-electron chi connectivity index (χ0n) is 10.6. The molecular formula is C12H23N3O2. The summed E-state index contributed by atoms with van der Waals surface area (Å²) in [4.78, 5) is 14.1. The van der Waals surface area contributed by atoms with Crippen LogP contribution >= 0.6 is 0 Å². The Bertz CT molecular complexity index is 254. The van der Waals surface area contributed by atoms with Crippen molar-refractivity contribution in [1.82, 2.24) is 15.5 Å². The van der Waals surface area contributed by atoms with E-state index >= 15 is 0 Å². The van der Waals surface area contributed by atoms with Crippen molar-refractivity contribution in [2.24, 2.45) is 0 Å². The van der Waals surface area contributed by atoms with Crippen LogP contribution in [0.3, 0.4) is 0 Å². The molecule has 0 radical (unpaired) electrons. The van der Waals surface area contributed by atoms with E-state index in [1.54, 1.807) is 0 Å². The van der Waals surface area contributed by atoms with Gasteiger partial charge in [0.05, 0.1) is 18.8 Å². The van der Waals surface area contributed by atoms with Crippen LogP contribution in [-0.4, -0.2) is 62.8 Å². The summed E-state index contributed by atoms with van der Waals surface area (Å²) >= 11 is 0. The maximum Gasteiger partial charge on any atom is 0.237 e. The van der Waals surface area contributed by atoms with Crippen LogP contribution in [0.5, 0.6) is 0 Å². The number of hydrogen-bond donors (Lipinski definition) is 2. The van der Waals surface area contributed by atoms with Crippen LogP contribution in [0.4, 0.5) is 0 Å². The molecule has 2 rings (SSSR count).